The number of rotatable bonds is 8. The number of para-hydroxylation sites is 4. The van der Waals surface area contributed by atoms with Gasteiger partial charge in [-0.15, -0.1) is 22.7 Å². The molecule has 0 aliphatic rings. The van der Waals surface area contributed by atoms with Crippen LogP contribution in [0.25, 0.3) is 53.6 Å². The smallest absolute Gasteiger partial charge is 0.200 e. The van der Waals surface area contributed by atoms with E-state index in [0.29, 0.717) is 32.8 Å². The zero-order chi connectivity index (χ0) is 45.7. The van der Waals surface area contributed by atoms with Gasteiger partial charge in [0.25, 0.3) is 0 Å². The molecule has 11 aromatic rings. The zero-order valence-corrected chi connectivity index (χ0v) is 34.9. The van der Waals surface area contributed by atoms with E-state index < -0.39 is 69.5 Å². The molecule has 0 spiro atoms. The molecule has 0 amide bonds. The maximum atomic E-state index is 16.2. The van der Waals surface area contributed by atoms with Crippen LogP contribution < -0.4 is 9.80 Å². The summed E-state index contributed by atoms with van der Waals surface area (Å²) >= 11 is 2.13. The first-order valence-electron chi connectivity index (χ1n) is 19.8. The van der Waals surface area contributed by atoms with Gasteiger partial charge in [-0.1, -0.05) is 72.8 Å². The second-order valence-electron chi connectivity index (χ2n) is 15.0. The van der Waals surface area contributed by atoms with E-state index in [1.54, 1.807) is 131 Å². The Morgan fingerprint density at radius 1 is 0.303 bits per heavy atom. The Morgan fingerprint density at radius 2 is 0.561 bits per heavy atom. The third-order valence-electron chi connectivity index (χ3n) is 11.3. The fourth-order valence-electron chi connectivity index (χ4n) is 8.42. The molecule has 7 aromatic carbocycles. The normalized spacial score (nSPS) is 11.8. The highest BCUT2D eigenvalue weighted by Crippen LogP contribution is 2.51. The minimum atomic E-state index is -2.37. The Kier molecular flexibility index (Phi) is 9.70. The number of aromatic nitrogens is 2. The summed E-state index contributed by atoms with van der Waals surface area (Å²) in [6, 6.07) is 41.5. The number of hydrogen-bond acceptors (Lipinski definition) is 4. The first-order chi connectivity index (χ1) is 31.9. The molecule has 0 fully saturated rings. The summed E-state index contributed by atoms with van der Waals surface area (Å²) < 4.78 is 157. The highest BCUT2D eigenvalue weighted by Gasteiger charge is 2.34. The van der Waals surface area contributed by atoms with Crippen molar-refractivity contribution in [3.05, 3.63) is 204 Å². The lowest BCUT2D eigenvalue weighted by Gasteiger charge is -2.23. The Labute approximate surface area is 374 Å². The van der Waals surface area contributed by atoms with Crippen molar-refractivity contribution in [3.8, 4) is 11.4 Å². The number of anilines is 6. The summed E-state index contributed by atoms with van der Waals surface area (Å²) in [6.45, 7) is 0. The number of nitrogens with zero attached hydrogens (tertiary/aromatic N) is 4. The van der Waals surface area contributed by atoms with Gasteiger partial charge in [-0.25, -0.2) is 43.9 Å². The van der Waals surface area contributed by atoms with Crippen LogP contribution in [0.3, 0.4) is 0 Å². The van der Waals surface area contributed by atoms with Crippen LogP contribution in [0.5, 0.6) is 0 Å². The van der Waals surface area contributed by atoms with Crippen LogP contribution in [-0.2, 0) is 0 Å². The van der Waals surface area contributed by atoms with Crippen LogP contribution in [0, 0.1) is 58.2 Å². The molecule has 0 saturated carbocycles. The van der Waals surface area contributed by atoms with Gasteiger partial charge in [0.15, 0.2) is 46.5 Å². The van der Waals surface area contributed by atoms with Gasteiger partial charge in [0.05, 0.1) is 31.5 Å². The molecule has 0 N–H and O–H groups in total. The second kappa shape index (κ2) is 15.6. The Bertz CT molecular complexity index is 3340. The first-order valence-corrected chi connectivity index (χ1v) is 21.5. The van der Waals surface area contributed by atoms with Crippen molar-refractivity contribution in [1.29, 1.82) is 0 Å². The van der Waals surface area contributed by atoms with E-state index in [1.165, 1.54) is 24.3 Å². The van der Waals surface area contributed by atoms with Crippen LogP contribution >= 0.6 is 22.7 Å². The fourth-order valence-corrected chi connectivity index (χ4v) is 10.8. The molecule has 0 bridgehead atoms. The maximum absolute atomic E-state index is 16.2. The standard InChI is InChI=1S/C50H24F10N4S2/c51-37-39(53)43(57)47(44(58)40(37)54)63-31-22-30-32(21-29(31)49-33(63)23-35(65-49)61(25-13-5-1-6-14-25)26-15-7-2-8-16-26)64(48-45(59)41(55)38(52)42(56)46(48)60)34-24-36(66-50(30)34)62(27-17-9-3-10-18-27)28-19-11-4-12-20-28/h1-24H. The van der Waals surface area contributed by atoms with Gasteiger partial charge in [-0.05, 0) is 72.8 Å². The lowest BCUT2D eigenvalue weighted by Crippen LogP contribution is -2.10. The van der Waals surface area contributed by atoms with Crippen molar-refractivity contribution in [3.63, 3.8) is 0 Å². The molecular formula is C50H24F10N4S2. The largest absolute Gasteiger partial charge is 0.303 e. The van der Waals surface area contributed by atoms with Gasteiger partial charge in [0.1, 0.15) is 21.4 Å². The molecule has 0 saturated heterocycles. The summed E-state index contributed by atoms with van der Waals surface area (Å²) in [5.74, 6) is -22.1. The molecule has 0 aliphatic carbocycles. The summed E-state index contributed by atoms with van der Waals surface area (Å²) in [7, 11) is 0. The maximum Gasteiger partial charge on any atom is 0.200 e. The highest BCUT2D eigenvalue weighted by molar-refractivity contribution is 7.24. The fraction of sp³-hybridized carbons (Fsp3) is 0. The predicted octanol–water partition coefficient (Wildman–Crippen LogP) is 16.3. The Hall–Kier alpha value is -7.56. The summed E-state index contributed by atoms with van der Waals surface area (Å²) in [6.07, 6.45) is 0. The summed E-state index contributed by atoms with van der Waals surface area (Å²) in [4.78, 5) is 3.61. The molecule has 0 aliphatic heterocycles. The van der Waals surface area contributed by atoms with Crippen molar-refractivity contribution in [2.45, 2.75) is 0 Å². The monoisotopic (exact) mass is 934 g/mol. The lowest BCUT2D eigenvalue weighted by molar-refractivity contribution is 0.376. The van der Waals surface area contributed by atoms with Crippen molar-refractivity contribution in [2.24, 2.45) is 0 Å². The molecule has 326 valence electrons. The minimum absolute atomic E-state index is 0.0250. The van der Waals surface area contributed by atoms with Gasteiger partial charge >= 0.3 is 0 Å². The zero-order valence-electron chi connectivity index (χ0n) is 33.2. The number of thiophene rings is 2. The third-order valence-corrected chi connectivity index (χ3v) is 13.6. The van der Waals surface area contributed by atoms with E-state index in [2.05, 4.69) is 0 Å². The van der Waals surface area contributed by atoms with Crippen LogP contribution in [-0.4, -0.2) is 9.13 Å². The second-order valence-corrected chi connectivity index (χ2v) is 17.1. The first kappa shape index (κ1) is 41.2. The number of halogens is 10. The van der Waals surface area contributed by atoms with Crippen molar-refractivity contribution < 1.29 is 43.9 Å². The molecule has 4 heterocycles. The van der Waals surface area contributed by atoms with Gasteiger partial charge in [0.2, 0.25) is 11.6 Å². The molecule has 11 rings (SSSR count). The van der Waals surface area contributed by atoms with Crippen LogP contribution in [0.2, 0.25) is 0 Å². The third kappa shape index (κ3) is 6.11. The van der Waals surface area contributed by atoms with Crippen molar-refractivity contribution in [2.75, 3.05) is 9.80 Å². The number of hydrogen-bond donors (Lipinski definition) is 0. The van der Waals surface area contributed by atoms with E-state index in [1.807, 2.05) is 0 Å². The van der Waals surface area contributed by atoms with Gasteiger partial charge < -0.3 is 18.9 Å². The van der Waals surface area contributed by atoms with E-state index in [4.69, 9.17) is 0 Å². The van der Waals surface area contributed by atoms with Crippen molar-refractivity contribution in [1.82, 2.24) is 9.13 Å². The molecule has 16 heteroatoms. The van der Waals surface area contributed by atoms with Crippen molar-refractivity contribution >= 4 is 97.7 Å². The number of fused-ring (bicyclic) bond motifs is 6. The van der Waals surface area contributed by atoms with E-state index >= 15 is 35.1 Å². The SMILES string of the molecule is Fc1c(F)c(F)c(-n2c3cc4c5sc(N(c6ccccc6)c6ccccc6)cc5n(-c5c(F)c(F)c(F)c(F)c5F)c4cc3c3sc(N(c4ccccc4)c4ccccc4)cc32)c(F)c1F. The number of benzene rings is 7. The van der Waals surface area contributed by atoms with Crippen LogP contribution in [0.15, 0.2) is 146 Å². The quantitative estimate of drug-likeness (QED) is 0.0857. The molecular weight excluding hydrogens is 911 g/mol. The topological polar surface area (TPSA) is 16.3 Å². The Balaban J connectivity index is 1.29. The van der Waals surface area contributed by atoms with Crippen LogP contribution in [0.4, 0.5) is 76.7 Å². The van der Waals surface area contributed by atoms with Gasteiger partial charge in [0, 0.05) is 33.5 Å². The van der Waals surface area contributed by atoms with E-state index in [-0.39, 0.29) is 42.2 Å². The molecule has 0 atom stereocenters. The molecule has 66 heavy (non-hydrogen) atoms. The van der Waals surface area contributed by atoms with E-state index in [0.717, 1.165) is 31.8 Å². The summed E-state index contributed by atoms with van der Waals surface area (Å²) in [5, 5.41) is 1.01. The molecule has 0 unspecified atom stereocenters. The average molecular weight is 935 g/mol. The summed E-state index contributed by atoms with van der Waals surface area (Å²) in [5.41, 5.74) is -0.303. The predicted molar refractivity (Wildman–Crippen MR) is 240 cm³/mol. The highest BCUT2D eigenvalue weighted by atomic mass is 32.1. The van der Waals surface area contributed by atoms with Gasteiger partial charge in [-0.3, -0.25) is 0 Å². The lowest BCUT2D eigenvalue weighted by atomic mass is 10.1. The van der Waals surface area contributed by atoms with E-state index in [9.17, 15) is 8.78 Å². The minimum Gasteiger partial charge on any atom is -0.303 e. The average Bonchev–Trinajstić information content (AvgIpc) is 4.10. The Morgan fingerprint density at radius 3 is 0.833 bits per heavy atom. The molecule has 0 radical (unpaired) electrons. The molecule has 4 nitrogen and oxygen atoms in total. The van der Waals surface area contributed by atoms with Gasteiger partial charge in [-0.2, -0.15) is 0 Å². The van der Waals surface area contributed by atoms with Crippen LogP contribution in [0.1, 0.15) is 0 Å². The molecule has 4 aromatic heterocycles.